The third kappa shape index (κ3) is 2.71. The maximum absolute atomic E-state index is 12.2. The molecule has 0 unspecified atom stereocenters. The summed E-state index contributed by atoms with van der Waals surface area (Å²) in [4.78, 5) is 21.1. The first-order valence-electron chi connectivity index (χ1n) is 6.93. The van der Waals surface area contributed by atoms with Crippen molar-refractivity contribution >= 4 is 34.5 Å². The number of rotatable bonds is 3. The van der Waals surface area contributed by atoms with E-state index in [1.807, 2.05) is 35.0 Å². The SMILES string of the molecule is O=c1cc(CSc2ncc3ccccn23)nc2ccc(Cl)cn12. The van der Waals surface area contributed by atoms with Gasteiger partial charge in [-0.05, 0) is 24.3 Å². The Bertz CT molecular complexity index is 1070. The van der Waals surface area contributed by atoms with Crippen LogP contribution in [0.3, 0.4) is 0 Å². The van der Waals surface area contributed by atoms with E-state index in [2.05, 4.69) is 9.97 Å². The summed E-state index contributed by atoms with van der Waals surface area (Å²) in [7, 11) is 0. The van der Waals surface area contributed by atoms with Crippen LogP contribution in [0.2, 0.25) is 5.02 Å². The minimum atomic E-state index is -0.138. The maximum Gasteiger partial charge on any atom is 0.258 e. The molecule has 0 spiro atoms. The van der Waals surface area contributed by atoms with Crippen LogP contribution in [0, 0.1) is 0 Å². The maximum atomic E-state index is 12.2. The molecule has 0 aliphatic heterocycles. The predicted octanol–water partition coefficient (Wildman–Crippen LogP) is 3.29. The van der Waals surface area contributed by atoms with E-state index in [1.54, 1.807) is 30.1 Å². The van der Waals surface area contributed by atoms with E-state index in [0.717, 1.165) is 16.4 Å². The van der Waals surface area contributed by atoms with Crippen LogP contribution in [0.15, 0.2) is 64.9 Å². The highest BCUT2D eigenvalue weighted by Crippen LogP contribution is 2.21. The highest BCUT2D eigenvalue weighted by atomic mass is 35.5. The van der Waals surface area contributed by atoms with Crippen LogP contribution in [-0.2, 0) is 5.75 Å². The lowest BCUT2D eigenvalue weighted by Gasteiger charge is -2.04. The normalized spacial score (nSPS) is 11.3. The van der Waals surface area contributed by atoms with Crippen LogP contribution in [0.25, 0.3) is 11.2 Å². The first-order chi connectivity index (χ1) is 11.2. The molecular formula is C16H11ClN4OS. The van der Waals surface area contributed by atoms with Crippen LogP contribution >= 0.6 is 23.4 Å². The average Bonchev–Trinajstić information content (AvgIpc) is 2.97. The Morgan fingerprint density at radius 1 is 1.17 bits per heavy atom. The van der Waals surface area contributed by atoms with Gasteiger partial charge in [0.25, 0.3) is 5.56 Å². The number of pyridine rings is 2. The number of fused-ring (bicyclic) bond motifs is 2. The molecule has 5 nitrogen and oxygen atoms in total. The molecule has 0 amide bonds. The first-order valence-corrected chi connectivity index (χ1v) is 8.30. The summed E-state index contributed by atoms with van der Waals surface area (Å²) in [6.07, 6.45) is 5.37. The van der Waals surface area contributed by atoms with E-state index in [0.29, 0.717) is 16.4 Å². The molecule has 0 radical (unpaired) electrons. The Labute approximate surface area is 140 Å². The van der Waals surface area contributed by atoms with Crippen molar-refractivity contribution in [1.82, 2.24) is 18.8 Å². The van der Waals surface area contributed by atoms with E-state index in [-0.39, 0.29) is 5.56 Å². The van der Waals surface area contributed by atoms with Crippen LogP contribution in [0.4, 0.5) is 0 Å². The summed E-state index contributed by atoms with van der Waals surface area (Å²) in [6.45, 7) is 0. The van der Waals surface area contributed by atoms with Gasteiger partial charge < -0.3 is 0 Å². The van der Waals surface area contributed by atoms with Crippen molar-refractivity contribution in [2.24, 2.45) is 0 Å². The summed E-state index contributed by atoms with van der Waals surface area (Å²) in [5, 5.41) is 1.38. The summed E-state index contributed by atoms with van der Waals surface area (Å²) < 4.78 is 3.46. The predicted molar refractivity (Wildman–Crippen MR) is 91.2 cm³/mol. The average molecular weight is 343 g/mol. The third-order valence-electron chi connectivity index (χ3n) is 3.43. The van der Waals surface area contributed by atoms with E-state index < -0.39 is 0 Å². The number of hydrogen-bond acceptors (Lipinski definition) is 4. The quantitative estimate of drug-likeness (QED) is 0.536. The molecule has 0 N–H and O–H groups in total. The van der Waals surface area contributed by atoms with Crippen molar-refractivity contribution in [2.45, 2.75) is 10.9 Å². The number of nitrogens with zero attached hydrogens (tertiary/aromatic N) is 4. The summed E-state index contributed by atoms with van der Waals surface area (Å²) in [5.74, 6) is 0.572. The molecule has 4 aromatic heterocycles. The lowest BCUT2D eigenvalue weighted by atomic mass is 10.4. The Morgan fingerprint density at radius 2 is 2.09 bits per heavy atom. The summed E-state index contributed by atoms with van der Waals surface area (Å²) >= 11 is 7.46. The minimum absolute atomic E-state index is 0.138. The number of halogens is 1. The third-order valence-corrected chi connectivity index (χ3v) is 4.65. The Morgan fingerprint density at radius 3 is 3.00 bits per heavy atom. The molecule has 0 saturated carbocycles. The van der Waals surface area contributed by atoms with Gasteiger partial charge >= 0.3 is 0 Å². The topological polar surface area (TPSA) is 51.7 Å². The molecule has 4 aromatic rings. The fourth-order valence-electron chi connectivity index (χ4n) is 2.36. The van der Waals surface area contributed by atoms with Crippen molar-refractivity contribution in [3.05, 3.63) is 76.1 Å². The molecule has 23 heavy (non-hydrogen) atoms. The molecule has 0 aliphatic rings. The van der Waals surface area contributed by atoms with Gasteiger partial charge in [0.05, 0.1) is 22.4 Å². The molecule has 4 rings (SSSR count). The molecule has 0 aliphatic carbocycles. The fourth-order valence-corrected chi connectivity index (χ4v) is 3.38. The molecule has 0 aromatic carbocycles. The van der Waals surface area contributed by atoms with Crippen molar-refractivity contribution in [3.8, 4) is 0 Å². The largest absolute Gasteiger partial charge is 0.295 e. The zero-order chi connectivity index (χ0) is 15.8. The van der Waals surface area contributed by atoms with Gasteiger partial charge in [0.15, 0.2) is 5.16 Å². The monoisotopic (exact) mass is 342 g/mol. The van der Waals surface area contributed by atoms with E-state index in [9.17, 15) is 4.79 Å². The van der Waals surface area contributed by atoms with Gasteiger partial charge in [0.1, 0.15) is 5.65 Å². The second-order valence-corrected chi connectivity index (χ2v) is 6.37. The zero-order valence-corrected chi connectivity index (χ0v) is 13.5. The van der Waals surface area contributed by atoms with Crippen molar-refractivity contribution in [3.63, 3.8) is 0 Å². The summed E-state index contributed by atoms with van der Waals surface area (Å²) in [5.41, 5.74) is 2.21. The second kappa shape index (κ2) is 5.72. The molecule has 7 heteroatoms. The fraction of sp³-hybridized carbons (Fsp3) is 0.0625. The number of aromatic nitrogens is 4. The molecule has 0 atom stereocenters. The number of hydrogen-bond donors (Lipinski definition) is 0. The first kappa shape index (κ1) is 14.3. The number of thioether (sulfide) groups is 1. The molecule has 0 bridgehead atoms. The van der Waals surface area contributed by atoms with Crippen LogP contribution in [0.1, 0.15) is 5.69 Å². The Hall–Kier alpha value is -2.31. The lowest BCUT2D eigenvalue weighted by Crippen LogP contribution is -2.15. The minimum Gasteiger partial charge on any atom is -0.295 e. The standard InChI is InChI=1S/C16H11ClN4OS/c17-11-4-5-14-19-12(7-15(22)21(14)9-11)10-23-16-18-8-13-3-1-2-6-20(13)16/h1-9H,10H2. The van der Waals surface area contributed by atoms with Gasteiger partial charge in [0, 0.05) is 24.2 Å². The smallest absolute Gasteiger partial charge is 0.258 e. The van der Waals surface area contributed by atoms with Crippen LogP contribution < -0.4 is 5.56 Å². The van der Waals surface area contributed by atoms with E-state index in [4.69, 9.17) is 11.6 Å². The highest BCUT2D eigenvalue weighted by Gasteiger charge is 2.07. The van der Waals surface area contributed by atoms with Crippen molar-refractivity contribution in [2.75, 3.05) is 0 Å². The highest BCUT2D eigenvalue weighted by molar-refractivity contribution is 7.98. The number of imidazole rings is 1. The van der Waals surface area contributed by atoms with Gasteiger partial charge in [0.2, 0.25) is 0 Å². The Balaban J connectivity index is 1.65. The van der Waals surface area contributed by atoms with Crippen molar-refractivity contribution in [1.29, 1.82) is 0 Å². The Kier molecular flexibility index (Phi) is 3.55. The van der Waals surface area contributed by atoms with Crippen LogP contribution in [0.5, 0.6) is 0 Å². The van der Waals surface area contributed by atoms with Gasteiger partial charge in [-0.2, -0.15) is 0 Å². The van der Waals surface area contributed by atoms with E-state index >= 15 is 0 Å². The summed E-state index contributed by atoms with van der Waals surface area (Å²) in [6, 6.07) is 10.9. The van der Waals surface area contributed by atoms with Crippen LogP contribution in [-0.4, -0.2) is 18.8 Å². The van der Waals surface area contributed by atoms with Gasteiger partial charge in [-0.25, -0.2) is 9.97 Å². The van der Waals surface area contributed by atoms with Gasteiger partial charge in [-0.15, -0.1) is 0 Å². The molecular weight excluding hydrogens is 332 g/mol. The molecule has 0 saturated heterocycles. The van der Waals surface area contributed by atoms with E-state index in [1.165, 1.54) is 10.5 Å². The molecule has 0 fully saturated rings. The molecule has 4 heterocycles. The molecule has 114 valence electrons. The lowest BCUT2D eigenvalue weighted by molar-refractivity contribution is 0.953. The van der Waals surface area contributed by atoms with Gasteiger partial charge in [-0.3, -0.25) is 13.6 Å². The zero-order valence-electron chi connectivity index (χ0n) is 11.9. The van der Waals surface area contributed by atoms with Crippen molar-refractivity contribution < 1.29 is 0 Å². The second-order valence-electron chi connectivity index (χ2n) is 4.99. The van der Waals surface area contributed by atoms with Gasteiger partial charge in [-0.1, -0.05) is 29.4 Å².